The fourth-order valence-electron chi connectivity index (χ4n) is 2.57. The first-order chi connectivity index (χ1) is 11.2. The van der Waals surface area contributed by atoms with E-state index in [1.165, 1.54) is 0 Å². The Balaban J connectivity index is 1.90. The maximum atomic E-state index is 12.1. The number of rotatable bonds is 4. The number of hydrogen-bond donors (Lipinski definition) is 0. The molecule has 120 valence electrons. The third kappa shape index (κ3) is 3.42. The molecule has 5 heteroatoms. The monoisotopic (exact) mass is 332 g/mol. The summed E-state index contributed by atoms with van der Waals surface area (Å²) >= 11 is 6.33. The second-order valence-electron chi connectivity index (χ2n) is 5.18. The van der Waals surface area contributed by atoms with Crippen molar-refractivity contribution in [3.05, 3.63) is 53.1 Å². The van der Waals surface area contributed by atoms with E-state index in [4.69, 9.17) is 25.8 Å². The maximum Gasteiger partial charge on any atom is 0.313 e. The molecule has 0 saturated carbocycles. The minimum atomic E-state index is -0.345. The van der Waals surface area contributed by atoms with Crippen LogP contribution >= 0.6 is 11.6 Å². The molecule has 2 aromatic carbocycles. The molecule has 1 aliphatic heterocycles. The van der Waals surface area contributed by atoms with Gasteiger partial charge in [-0.05, 0) is 31.5 Å². The van der Waals surface area contributed by atoms with Crippen molar-refractivity contribution in [3.63, 3.8) is 0 Å². The molecule has 0 spiro atoms. The van der Waals surface area contributed by atoms with Crippen molar-refractivity contribution < 1.29 is 19.0 Å². The lowest BCUT2D eigenvalue weighted by Crippen LogP contribution is -2.23. The molecular weight excluding hydrogens is 316 g/mol. The Hall–Kier alpha value is -2.20. The number of hydrogen-bond acceptors (Lipinski definition) is 4. The van der Waals surface area contributed by atoms with Gasteiger partial charge in [-0.15, -0.1) is 0 Å². The van der Waals surface area contributed by atoms with Crippen LogP contribution in [-0.4, -0.2) is 19.2 Å². The van der Waals surface area contributed by atoms with Crippen molar-refractivity contribution >= 4 is 17.6 Å². The zero-order valence-corrected chi connectivity index (χ0v) is 13.5. The van der Waals surface area contributed by atoms with Crippen molar-refractivity contribution in [1.82, 2.24) is 0 Å². The lowest BCUT2D eigenvalue weighted by molar-refractivity contribution is -0.145. The van der Waals surface area contributed by atoms with Gasteiger partial charge >= 0.3 is 5.97 Å². The van der Waals surface area contributed by atoms with Crippen LogP contribution in [-0.2, 0) is 9.53 Å². The van der Waals surface area contributed by atoms with Crippen LogP contribution in [0.4, 0.5) is 0 Å². The number of esters is 1. The molecule has 0 radical (unpaired) electrons. The SMILES string of the molecule is CCOC(=O)C1CCOc2cc(Oc3ccccc3)c(Cl)cc21. The van der Waals surface area contributed by atoms with Crippen molar-refractivity contribution in [2.24, 2.45) is 0 Å². The number of carbonyl (C=O) groups excluding carboxylic acids is 1. The lowest BCUT2D eigenvalue weighted by Gasteiger charge is -2.25. The second-order valence-corrected chi connectivity index (χ2v) is 5.58. The second kappa shape index (κ2) is 6.92. The summed E-state index contributed by atoms with van der Waals surface area (Å²) in [6.45, 7) is 2.61. The Morgan fingerprint density at radius 2 is 2.09 bits per heavy atom. The van der Waals surface area contributed by atoms with E-state index in [0.717, 1.165) is 5.56 Å². The molecule has 4 nitrogen and oxygen atoms in total. The Morgan fingerprint density at radius 1 is 1.30 bits per heavy atom. The van der Waals surface area contributed by atoms with Gasteiger partial charge in [-0.2, -0.15) is 0 Å². The number of benzene rings is 2. The molecule has 2 aromatic rings. The van der Waals surface area contributed by atoms with E-state index in [1.807, 2.05) is 30.3 Å². The van der Waals surface area contributed by atoms with Gasteiger partial charge < -0.3 is 14.2 Å². The van der Waals surface area contributed by atoms with Crippen LogP contribution < -0.4 is 9.47 Å². The van der Waals surface area contributed by atoms with Gasteiger partial charge in [-0.3, -0.25) is 4.79 Å². The highest BCUT2D eigenvalue weighted by Crippen LogP contribution is 2.42. The van der Waals surface area contributed by atoms with Crippen LogP contribution in [0.25, 0.3) is 0 Å². The minimum Gasteiger partial charge on any atom is -0.493 e. The van der Waals surface area contributed by atoms with E-state index in [1.54, 1.807) is 19.1 Å². The Kier molecular flexibility index (Phi) is 4.72. The van der Waals surface area contributed by atoms with E-state index in [2.05, 4.69) is 0 Å². The number of ether oxygens (including phenoxy) is 3. The smallest absolute Gasteiger partial charge is 0.313 e. The average molecular weight is 333 g/mol. The molecule has 0 aliphatic carbocycles. The minimum absolute atomic E-state index is 0.246. The quantitative estimate of drug-likeness (QED) is 0.770. The lowest BCUT2D eigenvalue weighted by atomic mass is 9.93. The van der Waals surface area contributed by atoms with Gasteiger partial charge in [-0.25, -0.2) is 0 Å². The molecule has 3 rings (SSSR count). The van der Waals surface area contributed by atoms with Gasteiger partial charge in [-0.1, -0.05) is 29.8 Å². The fourth-order valence-corrected chi connectivity index (χ4v) is 2.78. The molecule has 0 saturated heterocycles. The predicted octanol–water partition coefficient (Wildman–Crippen LogP) is 4.56. The zero-order chi connectivity index (χ0) is 16.2. The molecular formula is C18H17ClO4. The van der Waals surface area contributed by atoms with Crippen LogP contribution in [0.15, 0.2) is 42.5 Å². The van der Waals surface area contributed by atoms with Crippen molar-refractivity contribution in [3.8, 4) is 17.2 Å². The predicted molar refractivity (Wildman–Crippen MR) is 87.5 cm³/mol. The van der Waals surface area contributed by atoms with E-state index in [0.29, 0.717) is 41.9 Å². The Labute approximate surface area is 139 Å². The van der Waals surface area contributed by atoms with Crippen LogP contribution in [0.1, 0.15) is 24.8 Å². The zero-order valence-electron chi connectivity index (χ0n) is 12.8. The summed E-state index contributed by atoms with van der Waals surface area (Å²) < 4.78 is 16.6. The molecule has 0 amide bonds. The molecule has 23 heavy (non-hydrogen) atoms. The van der Waals surface area contributed by atoms with E-state index < -0.39 is 0 Å². The van der Waals surface area contributed by atoms with E-state index in [-0.39, 0.29) is 11.9 Å². The summed E-state index contributed by atoms with van der Waals surface area (Å²) in [5, 5.41) is 0.437. The summed E-state index contributed by atoms with van der Waals surface area (Å²) in [7, 11) is 0. The summed E-state index contributed by atoms with van der Waals surface area (Å²) in [5.41, 5.74) is 0.750. The first-order valence-electron chi connectivity index (χ1n) is 7.55. The van der Waals surface area contributed by atoms with Gasteiger partial charge in [0.25, 0.3) is 0 Å². The Morgan fingerprint density at radius 3 is 2.83 bits per heavy atom. The van der Waals surface area contributed by atoms with E-state index in [9.17, 15) is 4.79 Å². The number of fused-ring (bicyclic) bond motifs is 1. The van der Waals surface area contributed by atoms with Gasteiger partial charge in [0.05, 0.1) is 24.2 Å². The summed E-state index contributed by atoms with van der Waals surface area (Å²) in [5.74, 6) is 1.21. The number of carbonyl (C=O) groups is 1. The fraction of sp³-hybridized carbons (Fsp3) is 0.278. The van der Waals surface area contributed by atoms with Crippen molar-refractivity contribution in [2.75, 3.05) is 13.2 Å². The first-order valence-corrected chi connectivity index (χ1v) is 7.92. The Bertz CT molecular complexity index is 700. The van der Waals surface area contributed by atoms with Crippen LogP contribution in [0, 0.1) is 0 Å². The van der Waals surface area contributed by atoms with Gasteiger partial charge in [0.15, 0.2) is 0 Å². The molecule has 0 N–H and O–H groups in total. The van der Waals surface area contributed by atoms with Crippen molar-refractivity contribution in [1.29, 1.82) is 0 Å². The van der Waals surface area contributed by atoms with E-state index >= 15 is 0 Å². The first kappa shape index (κ1) is 15.7. The highest BCUT2D eigenvalue weighted by molar-refractivity contribution is 6.32. The molecule has 1 heterocycles. The highest BCUT2D eigenvalue weighted by Gasteiger charge is 2.30. The molecule has 0 fully saturated rings. The standard InChI is InChI=1S/C18H17ClO4/c1-2-21-18(20)13-8-9-22-16-11-17(15(19)10-14(13)16)23-12-6-4-3-5-7-12/h3-7,10-11,13H,2,8-9H2,1H3. The van der Waals surface area contributed by atoms with Crippen LogP contribution in [0.5, 0.6) is 17.2 Å². The van der Waals surface area contributed by atoms with Gasteiger partial charge in [0, 0.05) is 11.6 Å². The van der Waals surface area contributed by atoms with Gasteiger partial charge in [0.1, 0.15) is 17.2 Å². The topological polar surface area (TPSA) is 44.8 Å². The summed E-state index contributed by atoms with van der Waals surface area (Å²) in [4.78, 5) is 12.1. The largest absolute Gasteiger partial charge is 0.493 e. The summed E-state index contributed by atoms with van der Waals surface area (Å²) in [6, 6.07) is 12.8. The highest BCUT2D eigenvalue weighted by atomic mass is 35.5. The number of para-hydroxylation sites is 1. The van der Waals surface area contributed by atoms with Gasteiger partial charge in [0.2, 0.25) is 0 Å². The third-order valence-corrected chi connectivity index (χ3v) is 3.94. The molecule has 0 bridgehead atoms. The third-order valence-electron chi connectivity index (χ3n) is 3.65. The molecule has 0 aromatic heterocycles. The summed E-state index contributed by atoms with van der Waals surface area (Å²) in [6.07, 6.45) is 0.584. The average Bonchev–Trinajstić information content (AvgIpc) is 2.56. The normalized spacial score (nSPS) is 16.2. The molecule has 1 unspecified atom stereocenters. The maximum absolute atomic E-state index is 12.1. The number of halogens is 1. The molecule has 1 atom stereocenters. The van der Waals surface area contributed by atoms with Crippen molar-refractivity contribution in [2.45, 2.75) is 19.3 Å². The van der Waals surface area contributed by atoms with Crippen LogP contribution in [0.3, 0.4) is 0 Å². The molecule has 1 aliphatic rings. The van der Waals surface area contributed by atoms with Crippen LogP contribution in [0.2, 0.25) is 5.02 Å².